The van der Waals surface area contributed by atoms with E-state index in [0.717, 1.165) is 62.0 Å². The smallest absolute Gasteiger partial charge is 0.257 e. The molecule has 0 bridgehead atoms. The molecule has 3 fully saturated rings. The molecular formula is C29H37ClN6O3. The lowest BCUT2D eigenvalue weighted by Crippen LogP contribution is -2.38. The molecule has 2 aromatic heterocycles. The number of aromatic nitrogens is 4. The zero-order chi connectivity index (χ0) is 26.3. The lowest BCUT2D eigenvalue weighted by atomic mass is 9.80. The van der Waals surface area contributed by atoms with E-state index < -0.39 is 5.41 Å². The van der Waals surface area contributed by atoms with Crippen molar-refractivity contribution >= 4 is 24.3 Å². The molecule has 2 saturated heterocycles. The molecule has 1 N–H and O–H groups in total. The summed E-state index contributed by atoms with van der Waals surface area (Å²) in [5.74, 6) is 1.29. The summed E-state index contributed by atoms with van der Waals surface area (Å²) in [5, 5.41) is 15.2. The van der Waals surface area contributed by atoms with Crippen molar-refractivity contribution in [3.05, 3.63) is 65.6 Å². The Morgan fingerprint density at radius 2 is 1.85 bits per heavy atom. The van der Waals surface area contributed by atoms with E-state index in [4.69, 9.17) is 9.84 Å². The number of hydrogen-bond acceptors (Lipinski definition) is 7. The Hall–Kier alpha value is -3.17. The second kappa shape index (κ2) is 10.8. The number of benzene rings is 1. The summed E-state index contributed by atoms with van der Waals surface area (Å²) < 4.78 is 7.42. The van der Waals surface area contributed by atoms with Crippen LogP contribution in [-0.4, -0.2) is 75.6 Å². The number of aliphatic hydroxyl groups excluding tert-OH is 1. The summed E-state index contributed by atoms with van der Waals surface area (Å²) >= 11 is 0. The molecule has 4 heterocycles. The Morgan fingerprint density at radius 3 is 2.51 bits per heavy atom. The first-order chi connectivity index (χ1) is 18.5. The van der Waals surface area contributed by atoms with Gasteiger partial charge in [-0.3, -0.25) is 9.48 Å². The normalized spacial score (nSPS) is 22.4. The first-order valence-electron chi connectivity index (χ1n) is 13.6. The van der Waals surface area contributed by atoms with Gasteiger partial charge in [-0.25, -0.2) is 4.98 Å². The molecular weight excluding hydrogens is 516 g/mol. The van der Waals surface area contributed by atoms with E-state index in [1.54, 1.807) is 25.6 Å². The minimum Gasteiger partial charge on any atom is -0.481 e. The molecule has 10 heteroatoms. The van der Waals surface area contributed by atoms with Crippen LogP contribution in [0.1, 0.15) is 66.7 Å². The fourth-order valence-electron chi connectivity index (χ4n) is 6.19. The summed E-state index contributed by atoms with van der Waals surface area (Å²) in [6.45, 7) is 5.07. The van der Waals surface area contributed by atoms with E-state index in [1.165, 1.54) is 0 Å². The van der Waals surface area contributed by atoms with E-state index in [2.05, 4.69) is 38.6 Å². The van der Waals surface area contributed by atoms with Gasteiger partial charge in [0.25, 0.3) is 5.91 Å². The van der Waals surface area contributed by atoms with Crippen molar-refractivity contribution in [2.45, 2.75) is 55.9 Å². The van der Waals surface area contributed by atoms with Crippen molar-refractivity contribution in [3.63, 3.8) is 0 Å². The van der Waals surface area contributed by atoms with Crippen LogP contribution in [0.5, 0.6) is 5.88 Å². The third kappa shape index (κ3) is 4.98. The fraction of sp³-hybridized carbons (Fsp3) is 0.517. The van der Waals surface area contributed by atoms with Crippen LogP contribution in [0.25, 0.3) is 0 Å². The first kappa shape index (κ1) is 27.4. The summed E-state index contributed by atoms with van der Waals surface area (Å²) in [4.78, 5) is 27.0. The number of anilines is 1. The van der Waals surface area contributed by atoms with Gasteiger partial charge in [0.05, 0.1) is 37.2 Å². The zero-order valence-electron chi connectivity index (χ0n) is 22.6. The highest BCUT2D eigenvalue weighted by Crippen LogP contribution is 2.50. The van der Waals surface area contributed by atoms with Gasteiger partial charge in [-0.05, 0) is 37.7 Å². The largest absolute Gasteiger partial charge is 0.481 e. The van der Waals surface area contributed by atoms with Gasteiger partial charge >= 0.3 is 0 Å². The van der Waals surface area contributed by atoms with Crippen LogP contribution in [0.4, 0.5) is 5.95 Å². The van der Waals surface area contributed by atoms with Gasteiger partial charge in [0.1, 0.15) is 0 Å². The molecule has 9 nitrogen and oxygen atoms in total. The highest BCUT2D eigenvalue weighted by molar-refractivity contribution is 5.96. The standard InChI is InChI=1S/C29H36N6O3.ClH/c1-28(11-12-28)25-23(26(37)34-17-13-29(19-34,20-36)21-6-4-3-5-7-21)18-31-35(25)22-9-15-33(16-10-22)27-30-14-8-24(32-27)38-2;/h3-8,14,18,22,36H,9-13,15-17,19-20H2,1-2H3;1H. The van der Waals surface area contributed by atoms with Gasteiger partial charge in [-0.1, -0.05) is 37.3 Å². The number of rotatable bonds is 7. The summed E-state index contributed by atoms with van der Waals surface area (Å²) in [7, 11) is 1.61. The van der Waals surface area contributed by atoms with Crippen molar-refractivity contribution in [1.82, 2.24) is 24.6 Å². The van der Waals surface area contributed by atoms with E-state index in [9.17, 15) is 9.90 Å². The number of aliphatic hydroxyl groups is 1. The van der Waals surface area contributed by atoms with Gasteiger partial charge in [0.2, 0.25) is 11.8 Å². The third-order valence-electron chi connectivity index (χ3n) is 8.85. The average Bonchev–Trinajstić information content (AvgIpc) is 3.37. The van der Waals surface area contributed by atoms with Crippen LogP contribution in [-0.2, 0) is 10.8 Å². The Morgan fingerprint density at radius 1 is 1.10 bits per heavy atom. The van der Waals surface area contributed by atoms with Gasteiger partial charge in [-0.2, -0.15) is 10.1 Å². The second-order valence-electron chi connectivity index (χ2n) is 11.3. The molecule has 0 spiro atoms. The molecule has 1 aliphatic carbocycles. The van der Waals surface area contributed by atoms with Gasteiger partial charge in [0, 0.05) is 49.3 Å². The molecule has 1 unspecified atom stereocenters. The van der Waals surface area contributed by atoms with Gasteiger partial charge < -0.3 is 19.6 Å². The summed E-state index contributed by atoms with van der Waals surface area (Å²) in [6.07, 6.45) is 8.23. The van der Waals surface area contributed by atoms with Gasteiger partial charge in [-0.15, -0.1) is 12.4 Å². The fourth-order valence-corrected chi connectivity index (χ4v) is 6.19. The summed E-state index contributed by atoms with van der Waals surface area (Å²) in [5.41, 5.74) is 2.48. The maximum Gasteiger partial charge on any atom is 0.257 e. The quantitative estimate of drug-likeness (QED) is 0.476. The van der Waals surface area contributed by atoms with E-state index in [0.29, 0.717) is 24.9 Å². The number of ether oxygens (including phenoxy) is 1. The number of carbonyl (C=O) groups is 1. The topological polar surface area (TPSA) is 96.6 Å². The maximum absolute atomic E-state index is 13.9. The molecule has 3 aliphatic rings. The van der Waals surface area contributed by atoms with Crippen molar-refractivity contribution < 1.29 is 14.6 Å². The van der Waals surface area contributed by atoms with Crippen LogP contribution < -0.4 is 9.64 Å². The molecule has 208 valence electrons. The lowest BCUT2D eigenvalue weighted by Gasteiger charge is -2.33. The van der Waals surface area contributed by atoms with Crippen molar-refractivity contribution in [2.75, 3.05) is 44.8 Å². The van der Waals surface area contributed by atoms with E-state index in [-0.39, 0.29) is 36.4 Å². The summed E-state index contributed by atoms with van der Waals surface area (Å²) in [6, 6.07) is 12.1. The molecule has 6 rings (SSSR count). The lowest BCUT2D eigenvalue weighted by molar-refractivity contribution is 0.0771. The van der Waals surface area contributed by atoms with Crippen molar-refractivity contribution in [3.8, 4) is 5.88 Å². The highest BCUT2D eigenvalue weighted by atomic mass is 35.5. The predicted molar refractivity (Wildman–Crippen MR) is 151 cm³/mol. The molecule has 39 heavy (non-hydrogen) atoms. The number of halogens is 1. The number of nitrogens with zero attached hydrogens (tertiary/aromatic N) is 6. The van der Waals surface area contributed by atoms with Gasteiger partial charge in [0.15, 0.2) is 0 Å². The molecule has 1 saturated carbocycles. The second-order valence-corrected chi connectivity index (χ2v) is 11.3. The van der Waals surface area contributed by atoms with E-state index >= 15 is 0 Å². The van der Waals surface area contributed by atoms with Crippen LogP contribution in [0, 0.1) is 0 Å². The van der Waals surface area contributed by atoms with Crippen molar-refractivity contribution in [2.24, 2.45) is 0 Å². The number of methoxy groups -OCH3 is 1. The predicted octanol–water partition coefficient (Wildman–Crippen LogP) is 3.77. The van der Waals surface area contributed by atoms with E-state index in [1.807, 2.05) is 23.1 Å². The zero-order valence-corrected chi connectivity index (χ0v) is 23.4. The van der Waals surface area contributed by atoms with Crippen LogP contribution in [0.2, 0.25) is 0 Å². The third-order valence-corrected chi connectivity index (χ3v) is 8.85. The Balaban J connectivity index is 0.00000308. The molecule has 1 atom stereocenters. The maximum atomic E-state index is 13.9. The van der Waals surface area contributed by atoms with Crippen LogP contribution >= 0.6 is 12.4 Å². The molecule has 1 aromatic carbocycles. The number of amides is 1. The first-order valence-corrected chi connectivity index (χ1v) is 13.6. The monoisotopic (exact) mass is 552 g/mol. The number of hydrogen-bond donors (Lipinski definition) is 1. The molecule has 1 amide bonds. The molecule has 2 aliphatic heterocycles. The Labute approximate surface area is 235 Å². The number of carbonyl (C=O) groups excluding carboxylic acids is 1. The molecule has 3 aromatic rings. The highest BCUT2D eigenvalue weighted by Gasteiger charge is 2.48. The Bertz CT molecular complexity index is 1310. The molecule has 0 radical (unpaired) electrons. The Kier molecular flexibility index (Phi) is 7.57. The number of likely N-dealkylation sites (tertiary alicyclic amines) is 1. The average molecular weight is 553 g/mol. The minimum absolute atomic E-state index is 0. The van der Waals surface area contributed by atoms with Crippen molar-refractivity contribution in [1.29, 1.82) is 0 Å². The van der Waals surface area contributed by atoms with Crippen LogP contribution in [0.3, 0.4) is 0 Å². The van der Waals surface area contributed by atoms with Crippen LogP contribution in [0.15, 0.2) is 48.8 Å². The minimum atomic E-state index is -0.411. The SMILES string of the molecule is COc1ccnc(N2CCC(n3ncc(C(=O)N4CCC(CO)(c5ccccc5)C4)c3C3(C)CC3)CC2)n1.Cl. The number of piperidine rings is 1.